The van der Waals surface area contributed by atoms with Gasteiger partial charge in [-0.1, -0.05) is 6.42 Å². The first-order valence-corrected chi connectivity index (χ1v) is 5.53. The highest BCUT2D eigenvalue weighted by atomic mass is 15.1. The molecule has 82 valence electrons. The predicted octanol–water partition coefficient (Wildman–Crippen LogP) is 1.97. The van der Waals surface area contributed by atoms with Crippen LogP contribution in [0.4, 0.5) is 11.6 Å². The zero-order valence-electron chi connectivity index (χ0n) is 9.33. The lowest BCUT2D eigenvalue weighted by Gasteiger charge is -2.32. The zero-order chi connectivity index (χ0) is 10.8. The fourth-order valence-electron chi connectivity index (χ4n) is 1.96. The van der Waals surface area contributed by atoms with Crippen molar-refractivity contribution in [2.75, 3.05) is 11.1 Å². The van der Waals surface area contributed by atoms with Crippen molar-refractivity contribution < 1.29 is 0 Å². The number of hydrogen-bond acceptors (Lipinski definition) is 4. The van der Waals surface area contributed by atoms with Crippen LogP contribution in [0.1, 0.15) is 32.0 Å². The van der Waals surface area contributed by atoms with Crippen LogP contribution in [-0.4, -0.2) is 16.0 Å². The molecule has 1 unspecified atom stereocenters. The van der Waals surface area contributed by atoms with Gasteiger partial charge in [-0.3, -0.25) is 0 Å². The SMILES string of the molecule is Cc1nc(N)cc(NC(C)C2CCC2)n1. The molecule has 1 aromatic heterocycles. The molecular formula is C11H18N4. The largest absolute Gasteiger partial charge is 0.384 e. The van der Waals surface area contributed by atoms with E-state index in [1.54, 1.807) is 6.07 Å². The van der Waals surface area contributed by atoms with Crippen molar-refractivity contribution in [1.29, 1.82) is 0 Å². The third-order valence-electron chi connectivity index (χ3n) is 3.09. The van der Waals surface area contributed by atoms with Gasteiger partial charge in [-0.25, -0.2) is 9.97 Å². The fraction of sp³-hybridized carbons (Fsp3) is 0.636. The quantitative estimate of drug-likeness (QED) is 0.793. The summed E-state index contributed by atoms with van der Waals surface area (Å²) in [5.41, 5.74) is 5.67. The van der Waals surface area contributed by atoms with Crippen molar-refractivity contribution in [3.05, 3.63) is 11.9 Å². The highest BCUT2D eigenvalue weighted by Gasteiger charge is 2.23. The minimum atomic E-state index is 0.479. The maximum absolute atomic E-state index is 5.67. The Morgan fingerprint density at radius 2 is 2.20 bits per heavy atom. The van der Waals surface area contributed by atoms with Crippen molar-refractivity contribution in [3.63, 3.8) is 0 Å². The number of rotatable bonds is 3. The molecule has 15 heavy (non-hydrogen) atoms. The molecular weight excluding hydrogens is 188 g/mol. The van der Waals surface area contributed by atoms with Crippen molar-refractivity contribution in [3.8, 4) is 0 Å². The van der Waals surface area contributed by atoms with E-state index >= 15 is 0 Å². The molecule has 0 aliphatic heterocycles. The molecule has 2 rings (SSSR count). The number of aryl methyl sites for hydroxylation is 1. The molecule has 0 bridgehead atoms. The average molecular weight is 206 g/mol. The number of anilines is 2. The highest BCUT2D eigenvalue weighted by molar-refractivity contribution is 5.45. The number of hydrogen-bond donors (Lipinski definition) is 2. The smallest absolute Gasteiger partial charge is 0.132 e. The Labute approximate surface area is 90.3 Å². The summed E-state index contributed by atoms with van der Waals surface area (Å²) >= 11 is 0. The van der Waals surface area contributed by atoms with Crippen molar-refractivity contribution in [2.24, 2.45) is 5.92 Å². The molecule has 0 radical (unpaired) electrons. The molecule has 0 spiro atoms. The molecule has 0 saturated heterocycles. The van der Waals surface area contributed by atoms with Crippen LogP contribution in [0.2, 0.25) is 0 Å². The molecule has 1 atom stereocenters. The van der Waals surface area contributed by atoms with Gasteiger partial charge in [0.25, 0.3) is 0 Å². The number of nitrogens with zero attached hydrogens (tertiary/aromatic N) is 2. The van der Waals surface area contributed by atoms with Crippen LogP contribution in [0.25, 0.3) is 0 Å². The molecule has 0 aromatic carbocycles. The maximum Gasteiger partial charge on any atom is 0.132 e. The Hall–Kier alpha value is -1.32. The first kappa shape index (κ1) is 10.2. The summed E-state index contributed by atoms with van der Waals surface area (Å²) in [6.07, 6.45) is 4.02. The van der Waals surface area contributed by atoms with E-state index in [9.17, 15) is 0 Å². The summed E-state index contributed by atoms with van der Waals surface area (Å²) in [5.74, 6) is 2.89. The van der Waals surface area contributed by atoms with Gasteiger partial charge in [-0.15, -0.1) is 0 Å². The minimum absolute atomic E-state index is 0.479. The average Bonchev–Trinajstić information content (AvgIpc) is 1.96. The zero-order valence-corrected chi connectivity index (χ0v) is 9.33. The number of nitrogens with two attached hydrogens (primary N) is 1. The lowest BCUT2D eigenvalue weighted by molar-refractivity contribution is 0.285. The van der Waals surface area contributed by atoms with Crippen molar-refractivity contribution >= 4 is 11.6 Å². The summed E-state index contributed by atoms with van der Waals surface area (Å²) < 4.78 is 0. The van der Waals surface area contributed by atoms with E-state index in [1.165, 1.54) is 19.3 Å². The van der Waals surface area contributed by atoms with E-state index in [0.29, 0.717) is 11.9 Å². The first-order chi connectivity index (χ1) is 7.15. The van der Waals surface area contributed by atoms with E-state index < -0.39 is 0 Å². The van der Waals surface area contributed by atoms with E-state index in [4.69, 9.17) is 5.73 Å². The number of nitrogen functional groups attached to an aromatic ring is 1. The monoisotopic (exact) mass is 206 g/mol. The van der Waals surface area contributed by atoms with Gasteiger partial charge in [0.15, 0.2) is 0 Å². The molecule has 1 aliphatic rings. The highest BCUT2D eigenvalue weighted by Crippen LogP contribution is 2.30. The van der Waals surface area contributed by atoms with E-state index in [1.807, 2.05) is 6.92 Å². The van der Waals surface area contributed by atoms with Crippen molar-refractivity contribution in [1.82, 2.24) is 9.97 Å². The lowest BCUT2D eigenvalue weighted by atomic mass is 9.80. The van der Waals surface area contributed by atoms with Gasteiger partial charge < -0.3 is 11.1 Å². The molecule has 1 heterocycles. The van der Waals surface area contributed by atoms with Gasteiger partial charge in [0.05, 0.1) is 0 Å². The number of nitrogens with one attached hydrogen (secondary N) is 1. The van der Waals surface area contributed by atoms with Gasteiger partial charge in [0.2, 0.25) is 0 Å². The summed E-state index contributed by atoms with van der Waals surface area (Å²) in [7, 11) is 0. The normalized spacial score (nSPS) is 18.3. The Bertz CT molecular complexity index is 326. The summed E-state index contributed by atoms with van der Waals surface area (Å²) in [6, 6.07) is 2.27. The second-order valence-electron chi connectivity index (χ2n) is 4.35. The van der Waals surface area contributed by atoms with Crippen LogP contribution in [0.3, 0.4) is 0 Å². The number of aromatic nitrogens is 2. The van der Waals surface area contributed by atoms with Crippen LogP contribution >= 0.6 is 0 Å². The Balaban J connectivity index is 2.02. The second kappa shape index (κ2) is 4.04. The predicted molar refractivity (Wildman–Crippen MR) is 61.6 cm³/mol. The molecule has 1 aromatic rings. The molecule has 1 fully saturated rings. The van der Waals surface area contributed by atoms with Gasteiger partial charge >= 0.3 is 0 Å². The fourth-order valence-corrected chi connectivity index (χ4v) is 1.96. The van der Waals surface area contributed by atoms with Crippen LogP contribution in [0.5, 0.6) is 0 Å². The molecule has 1 saturated carbocycles. The summed E-state index contributed by atoms with van der Waals surface area (Å²) in [4.78, 5) is 8.36. The molecule has 4 nitrogen and oxygen atoms in total. The third-order valence-corrected chi connectivity index (χ3v) is 3.09. The third kappa shape index (κ3) is 2.37. The van der Waals surface area contributed by atoms with Gasteiger partial charge in [0.1, 0.15) is 17.5 Å². The van der Waals surface area contributed by atoms with E-state index in [0.717, 1.165) is 17.6 Å². The molecule has 1 aliphatic carbocycles. The second-order valence-corrected chi connectivity index (χ2v) is 4.35. The Morgan fingerprint density at radius 1 is 1.47 bits per heavy atom. The molecule has 4 heteroatoms. The first-order valence-electron chi connectivity index (χ1n) is 5.53. The topological polar surface area (TPSA) is 63.8 Å². The minimum Gasteiger partial charge on any atom is -0.384 e. The van der Waals surface area contributed by atoms with Crippen LogP contribution in [0.15, 0.2) is 6.07 Å². The van der Waals surface area contributed by atoms with E-state index in [-0.39, 0.29) is 0 Å². The maximum atomic E-state index is 5.67. The van der Waals surface area contributed by atoms with Crippen LogP contribution in [-0.2, 0) is 0 Å². The lowest BCUT2D eigenvalue weighted by Crippen LogP contribution is -2.31. The summed E-state index contributed by atoms with van der Waals surface area (Å²) in [5, 5.41) is 3.39. The van der Waals surface area contributed by atoms with Gasteiger partial charge in [-0.05, 0) is 32.6 Å². The van der Waals surface area contributed by atoms with Crippen LogP contribution < -0.4 is 11.1 Å². The van der Waals surface area contributed by atoms with Gasteiger partial charge in [-0.2, -0.15) is 0 Å². The Kier molecular flexibility index (Phi) is 2.75. The molecule has 3 N–H and O–H groups in total. The molecule has 0 amide bonds. The van der Waals surface area contributed by atoms with Crippen LogP contribution in [0, 0.1) is 12.8 Å². The van der Waals surface area contributed by atoms with E-state index in [2.05, 4.69) is 22.2 Å². The summed E-state index contributed by atoms with van der Waals surface area (Å²) in [6.45, 7) is 4.06. The van der Waals surface area contributed by atoms with Crippen molar-refractivity contribution in [2.45, 2.75) is 39.2 Å². The standard InChI is InChI=1S/C11H18N4/c1-7(9-4-3-5-9)13-11-6-10(12)14-8(2)15-11/h6-7,9H,3-5H2,1-2H3,(H3,12,13,14,15). The Morgan fingerprint density at radius 3 is 2.73 bits per heavy atom. The van der Waals surface area contributed by atoms with Gasteiger partial charge in [0, 0.05) is 12.1 Å².